The Kier molecular flexibility index (Phi) is 3.77. The van der Waals surface area contributed by atoms with Gasteiger partial charge in [0.15, 0.2) is 0 Å². The third-order valence-corrected chi connectivity index (χ3v) is 2.50. The van der Waals surface area contributed by atoms with E-state index in [0.29, 0.717) is 6.54 Å². The normalized spacial score (nSPS) is 10.6. The van der Waals surface area contributed by atoms with Gasteiger partial charge in [-0.05, 0) is 31.5 Å². The third kappa shape index (κ3) is 2.97. The van der Waals surface area contributed by atoms with Crippen molar-refractivity contribution >= 4 is 17.0 Å². The van der Waals surface area contributed by atoms with E-state index < -0.39 is 6.09 Å². The Labute approximate surface area is 106 Å². The molecule has 0 bridgehead atoms. The lowest BCUT2D eigenvalue weighted by atomic mass is 10.1. The molecular weight excluding hydrogens is 228 g/mol. The molecule has 1 aromatic heterocycles. The molecule has 1 aromatic carbocycles. The molecule has 0 aliphatic rings. The second-order valence-corrected chi connectivity index (χ2v) is 4.29. The van der Waals surface area contributed by atoms with Gasteiger partial charge in [0.05, 0.1) is 11.6 Å². The van der Waals surface area contributed by atoms with Gasteiger partial charge in [-0.25, -0.2) is 4.79 Å². The summed E-state index contributed by atoms with van der Waals surface area (Å²) in [6, 6.07) is 9.73. The number of rotatable bonds is 3. The molecule has 1 amide bonds. The van der Waals surface area contributed by atoms with Crippen LogP contribution in [0, 0.1) is 0 Å². The minimum absolute atomic E-state index is 0.112. The highest BCUT2D eigenvalue weighted by Gasteiger charge is 2.06. The first-order chi connectivity index (χ1) is 8.66. The number of hydrogen-bond donors (Lipinski definition) is 1. The van der Waals surface area contributed by atoms with Crippen LogP contribution >= 0.6 is 0 Å². The van der Waals surface area contributed by atoms with Crippen LogP contribution in [0.4, 0.5) is 4.79 Å². The van der Waals surface area contributed by atoms with Crippen LogP contribution in [0.3, 0.4) is 0 Å². The number of pyridine rings is 1. The summed E-state index contributed by atoms with van der Waals surface area (Å²) in [4.78, 5) is 15.7. The van der Waals surface area contributed by atoms with Crippen molar-refractivity contribution in [3.8, 4) is 0 Å². The third-order valence-electron chi connectivity index (χ3n) is 2.50. The second-order valence-electron chi connectivity index (χ2n) is 4.29. The molecule has 0 atom stereocenters. The van der Waals surface area contributed by atoms with Gasteiger partial charge >= 0.3 is 6.09 Å². The van der Waals surface area contributed by atoms with Crippen LogP contribution in [-0.4, -0.2) is 17.2 Å². The van der Waals surface area contributed by atoms with Crippen molar-refractivity contribution in [2.75, 3.05) is 0 Å². The summed E-state index contributed by atoms with van der Waals surface area (Å²) in [5.41, 5.74) is 1.95. The van der Waals surface area contributed by atoms with Crippen molar-refractivity contribution in [2.24, 2.45) is 0 Å². The lowest BCUT2D eigenvalue weighted by molar-refractivity contribution is 0.115. The summed E-state index contributed by atoms with van der Waals surface area (Å²) in [5, 5.41) is 3.78. The van der Waals surface area contributed by atoms with E-state index in [-0.39, 0.29) is 6.10 Å². The minimum atomic E-state index is -0.397. The van der Waals surface area contributed by atoms with Crippen molar-refractivity contribution in [3.63, 3.8) is 0 Å². The smallest absolute Gasteiger partial charge is 0.407 e. The zero-order valence-corrected chi connectivity index (χ0v) is 10.5. The van der Waals surface area contributed by atoms with Crippen LogP contribution < -0.4 is 5.32 Å². The molecule has 0 saturated heterocycles. The number of benzene rings is 1. The van der Waals surface area contributed by atoms with Gasteiger partial charge < -0.3 is 10.1 Å². The summed E-state index contributed by atoms with van der Waals surface area (Å²) in [5.74, 6) is 0. The Morgan fingerprint density at radius 2 is 2.17 bits per heavy atom. The SMILES string of the molecule is CC(C)OC(=O)NCc1cccc2ncccc12. The van der Waals surface area contributed by atoms with E-state index in [1.807, 2.05) is 44.2 Å². The number of nitrogens with one attached hydrogen (secondary N) is 1. The summed E-state index contributed by atoms with van der Waals surface area (Å²) in [7, 11) is 0. The van der Waals surface area contributed by atoms with Gasteiger partial charge in [0.25, 0.3) is 0 Å². The predicted octanol–water partition coefficient (Wildman–Crippen LogP) is 2.87. The van der Waals surface area contributed by atoms with Gasteiger partial charge in [0, 0.05) is 18.1 Å². The number of amides is 1. The number of ether oxygens (including phenoxy) is 1. The average Bonchev–Trinajstić information content (AvgIpc) is 2.35. The summed E-state index contributed by atoms with van der Waals surface area (Å²) in [6.07, 6.45) is 1.25. The highest BCUT2D eigenvalue weighted by atomic mass is 16.6. The molecule has 0 unspecified atom stereocenters. The van der Waals surface area contributed by atoms with E-state index in [4.69, 9.17) is 4.74 Å². The Hall–Kier alpha value is -2.10. The number of hydrogen-bond acceptors (Lipinski definition) is 3. The molecular formula is C14H16N2O2. The molecule has 0 spiro atoms. The molecule has 0 radical (unpaired) electrons. The molecule has 1 N–H and O–H groups in total. The number of carbonyl (C=O) groups excluding carboxylic acids is 1. The molecule has 0 saturated carbocycles. The summed E-state index contributed by atoms with van der Waals surface area (Å²) >= 11 is 0. The highest BCUT2D eigenvalue weighted by molar-refractivity contribution is 5.82. The van der Waals surface area contributed by atoms with E-state index in [1.54, 1.807) is 6.20 Å². The Morgan fingerprint density at radius 1 is 1.33 bits per heavy atom. The first-order valence-corrected chi connectivity index (χ1v) is 5.94. The Bertz CT molecular complexity index is 547. The van der Waals surface area contributed by atoms with Crippen molar-refractivity contribution in [3.05, 3.63) is 42.1 Å². The first kappa shape index (κ1) is 12.4. The molecule has 94 valence electrons. The van der Waals surface area contributed by atoms with Crippen LogP contribution in [0.25, 0.3) is 10.9 Å². The van der Waals surface area contributed by atoms with E-state index in [0.717, 1.165) is 16.5 Å². The van der Waals surface area contributed by atoms with Crippen LogP contribution in [0.1, 0.15) is 19.4 Å². The van der Waals surface area contributed by atoms with Gasteiger partial charge in [-0.15, -0.1) is 0 Å². The van der Waals surface area contributed by atoms with E-state index in [9.17, 15) is 4.79 Å². The standard InChI is InChI=1S/C14H16N2O2/c1-10(2)18-14(17)16-9-11-5-3-7-13-12(11)6-4-8-15-13/h3-8,10H,9H2,1-2H3,(H,16,17). The first-order valence-electron chi connectivity index (χ1n) is 5.94. The maximum Gasteiger partial charge on any atom is 0.407 e. The van der Waals surface area contributed by atoms with Gasteiger partial charge in [-0.1, -0.05) is 18.2 Å². The zero-order chi connectivity index (χ0) is 13.0. The summed E-state index contributed by atoms with van der Waals surface area (Å²) < 4.78 is 5.02. The average molecular weight is 244 g/mol. The Balaban J connectivity index is 2.10. The molecule has 4 nitrogen and oxygen atoms in total. The largest absolute Gasteiger partial charge is 0.447 e. The van der Waals surface area contributed by atoms with Gasteiger partial charge in [-0.3, -0.25) is 4.98 Å². The van der Waals surface area contributed by atoms with Gasteiger partial charge in [-0.2, -0.15) is 0 Å². The number of aromatic nitrogens is 1. The molecule has 0 fully saturated rings. The highest BCUT2D eigenvalue weighted by Crippen LogP contribution is 2.15. The van der Waals surface area contributed by atoms with Crippen LogP contribution in [-0.2, 0) is 11.3 Å². The van der Waals surface area contributed by atoms with E-state index in [1.165, 1.54) is 0 Å². The Morgan fingerprint density at radius 3 is 2.94 bits per heavy atom. The molecule has 0 aliphatic heterocycles. The second kappa shape index (κ2) is 5.49. The predicted molar refractivity (Wildman–Crippen MR) is 70.2 cm³/mol. The van der Waals surface area contributed by atoms with Crippen LogP contribution in [0.5, 0.6) is 0 Å². The fourth-order valence-electron chi connectivity index (χ4n) is 1.74. The lowest BCUT2D eigenvalue weighted by Gasteiger charge is -2.10. The van der Waals surface area contributed by atoms with Crippen LogP contribution in [0.2, 0.25) is 0 Å². The fraction of sp³-hybridized carbons (Fsp3) is 0.286. The zero-order valence-electron chi connectivity index (χ0n) is 10.5. The molecule has 2 aromatic rings. The molecule has 2 rings (SSSR count). The van der Waals surface area contributed by atoms with Crippen molar-refractivity contribution < 1.29 is 9.53 Å². The number of fused-ring (bicyclic) bond motifs is 1. The topological polar surface area (TPSA) is 51.2 Å². The summed E-state index contributed by atoms with van der Waals surface area (Å²) in [6.45, 7) is 4.08. The fourth-order valence-corrected chi connectivity index (χ4v) is 1.74. The van der Waals surface area contributed by atoms with Crippen molar-refractivity contribution in [2.45, 2.75) is 26.5 Å². The monoisotopic (exact) mass is 244 g/mol. The maximum absolute atomic E-state index is 11.4. The van der Waals surface area contributed by atoms with E-state index in [2.05, 4.69) is 10.3 Å². The number of nitrogens with zero attached hydrogens (tertiary/aromatic N) is 1. The molecule has 1 heterocycles. The van der Waals surface area contributed by atoms with E-state index >= 15 is 0 Å². The minimum Gasteiger partial charge on any atom is -0.447 e. The number of carbonyl (C=O) groups is 1. The van der Waals surface area contributed by atoms with Crippen LogP contribution in [0.15, 0.2) is 36.5 Å². The quantitative estimate of drug-likeness (QED) is 0.903. The van der Waals surface area contributed by atoms with Crippen molar-refractivity contribution in [1.29, 1.82) is 0 Å². The number of alkyl carbamates (subject to hydrolysis) is 1. The lowest BCUT2D eigenvalue weighted by Crippen LogP contribution is -2.26. The molecule has 18 heavy (non-hydrogen) atoms. The van der Waals surface area contributed by atoms with Gasteiger partial charge in [0.1, 0.15) is 0 Å². The molecule has 4 heteroatoms. The van der Waals surface area contributed by atoms with Gasteiger partial charge in [0.2, 0.25) is 0 Å². The maximum atomic E-state index is 11.4. The molecule has 0 aliphatic carbocycles. The van der Waals surface area contributed by atoms with Crippen molar-refractivity contribution in [1.82, 2.24) is 10.3 Å².